The Kier molecular flexibility index (Phi) is 6.25. The van der Waals surface area contributed by atoms with E-state index in [2.05, 4.69) is 0 Å². The zero-order valence-electron chi connectivity index (χ0n) is 15.9. The molecule has 0 saturated carbocycles. The van der Waals surface area contributed by atoms with Gasteiger partial charge in [-0.1, -0.05) is 42.5 Å². The molecule has 0 aromatic heterocycles. The molecule has 3 rings (SSSR count). The van der Waals surface area contributed by atoms with Crippen molar-refractivity contribution in [2.75, 3.05) is 0 Å². The summed E-state index contributed by atoms with van der Waals surface area (Å²) >= 11 is 0. The second-order valence-electron chi connectivity index (χ2n) is 6.46. The monoisotopic (exact) mass is 451 g/mol. The predicted molar refractivity (Wildman–Crippen MR) is 102 cm³/mol. The molecule has 0 fully saturated rings. The molecule has 0 unspecified atom stereocenters. The fraction of sp³-hybridized carbons (Fsp3) is 0.0870. The Labute approximate surface area is 177 Å². The van der Waals surface area contributed by atoms with E-state index in [-0.39, 0.29) is 5.56 Å². The van der Waals surface area contributed by atoms with Crippen molar-refractivity contribution in [3.63, 3.8) is 0 Å². The van der Waals surface area contributed by atoms with Crippen LogP contribution in [0.15, 0.2) is 72.8 Å². The minimum atomic E-state index is -4.89. The number of nitriles is 1. The molecule has 2 nitrogen and oxygen atoms in total. The first kappa shape index (κ1) is 22.9. The summed E-state index contributed by atoms with van der Waals surface area (Å²) in [6.45, 7) is 0. The molecule has 0 spiro atoms. The normalized spacial score (nSPS) is 12.7. The lowest BCUT2D eigenvalue weighted by Gasteiger charge is -2.20. The number of nitrogens with zero attached hydrogens (tertiary/aromatic N) is 1. The van der Waals surface area contributed by atoms with Crippen LogP contribution in [-0.2, 0) is 12.4 Å². The first-order valence-electron chi connectivity index (χ1n) is 8.93. The minimum absolute atomic E-state index is 0.0367. The summed E-state index contributed by atoms with van der Waals surface area (Å²) in [5.41, 5.74) is -3.63. The average molecular weight is 451 g/mol. The first-order chi connectivity index (χ1) is 15.0. The molecule has 0 saturated heterocycles. The second-order valence-corrected chi connectivity index (χ2v) is 6.46. The summed E-state index contributed by atoms with van der Waals surface area (Å²) in [6.07, 6.45) is -9.76. The van der Waals surface area contributed by atoms with Crippen molar-refractivity contribution in [2.45, 2.75) is 12.4 Å². The van der Waals surface area contributed by atoms with Crippen LogP contribution in [0.25, 0.3) is 11.3 Å². The van der Waals surface area contributed by atoms with E-state index in [0.29, 0.717) is 12.1 Å². The van der Waals surface area contributed by atoms with Gasteiger partial charge >= 0.3 is 12.4 Å². The topological polar surface area (TPSA) is 33.0 Å². The van der Waals surface area contributed by atoms with Gasteiger partial charge in [-0.2, -0.15) is 31.6 Å². The first-order valence-corrected chi connectivity index (χ1v) is 8.93. The van der Waals surface area contributed by atoms with Gasteiger partial charge in [0.1, 0.15) is 23.2 Å². The van der Waals surface area contributed by atoms with Gasteiger partial charge in [-0.3, -0.25) is 0 Å². The number of rotatable bonds is 4. The Morgan fingerprint density at radius 2 is 1.25 bits per heavy atom. The molecule has 3 aromatic carbocycles. The van der Waals surface area contributed by atoms with E-state index in [1.807, 2.05) is 0 Å². The SMILES string of the molecule is N#CC(=C(Oc1ccccc1C(F)(F)F)c1ccccc1C(F)(F)F)c1ccc(F)cc1. The van der Waals surface area contributed by atoms with Gasteiger partial charge in [0, 0.05) is 5.56 Å². The highest BCUT2D eigenvalue weighted by molar-refractivity contribution is 5.96. The summed E-state index contributed by atoms with van der Waals surface area (Å²) in [5, 5.41) is 9.70. The van der Waals surface area contributed by atoms with Gasteiger partial charge in [-0.25, -0.2) is 4.39 Å². The van der Waals surface area contributed by atoms with Crippen molar-refractivity contribution in [1.82, 2.24) is 0 Å². The highest BCUT2D eigenvalue weighted by Crippen LogP contribution is 2.41. The van der Waals surface area contributed by atoms with Crippen molar-refractivity contribution >= 4 is 11.3 Å². The van der Waals surface area contributed by atoms with E-state index in [9.17, 15) is 36.0 Å². The van der Waals surface area contributed by atoms with Crippen LogP contribution >= 0.6 is 0 Å². The zero-order chi connectivity index (χ0) is 23.5. The molecule has 0 radical (unpaired) electrons. The van der Waals surface area contributed by atoms with Crippen LogP contribution in [0.3, 0.4) is 0 Å². The molecule has 3 aromatic rings. The Balaban J connectivity index is 2.33. The third-order valence-electron chi connectivity index (χ3n) is 4.35. The molecule has 32 heavy (non-hydrogen) atoms. The zero-order valence-corrected chi connectivity index (χ0v) is 15.9. The van der Waals surface area contributed by atoms with Gasteiger partial charge in [0.2, 0.25) is 0 Å². The molecular weight excluding hydrogens is 439 g/mol. The molecule has 9 heteroatoms. The van der Waals surface area contributed by atoms with E-state index in [1.165, 1.54) is 12.1 Å². The van der Waals surface area contributed by atoms with Crippen LogP contribution in [-0.4, -0.2) is 0 Å². The summed E-state index contributed by atoms with van der Waals surface area (Å²) in [5.74, 6) is -2.21. The van der Waals surface area contributed by atoms with Gasteiger partial charge in [0.05, 0.1) is 11.1 Å². The predicted octanol–water partition coefficient (Wildman–Crippen LogP) is 7.33. The van der Waals surface area contributed by atoms with E-state index in [4.69, 9.17) is 4.74 Å². The van der Waals surface area contributed by atoms with Gasteiger partial charge in [-0.05, 0) is 35.9 Å². The van der Waals surface area contributed by atoms with E-state index >= 15 is 0 Å². The third-order valence-corrected chi connectivity index (χ3v) is 4.35. The number of alkyl halides is 6. The van der Waals surface area contributed by atoms with Gasteiger partial charge in [-0.15, -0.1) is 0 Å². The second kappa shape index (κ2) is 8.75. The van der Waals surface area contributed by atoms with Crippen LogP contribution in [0.1, 0.15) is 22.3 Å². The molecular formula is C23H12F7NO. The number of hydrogen-bond acceptors (Lipinski definition) is 2. The van der Waals surface area contributed by atoms with Gasteiger partial charge < -0.3 is 4.74 Å². The Morgan fingerprint density at radius 1 is 0.719 bits per heavy atom. The van der Waals surface area contributed by atoms with E-state index < -0.39 is 51.9 Å². The standard InChI is InChI=1S/C23H12F7NO/c24-15-11-9-14(10-12-15)17(13-31)21(16-5-1-2-6-18(16)22(25,26)27)32-20-8-4-3-7-19(20)23(28,29)30/h1-12H. The number of benzene rings is 3. The van der Waals surface area contributed by atoms with Crippen LogP contribution in [0, 0.1) is 17.1 Å². The van der Waals surface area contributed by atoms with Crippen molar-refractivity contribution in [3.05, 3.63) is 101 Å². The Bertz CT molecular complexity index is 1190. The summed E-state index contributed by atoms with van der Waals surface area (Å²) in [7, 11) is 0. The number of halogens is 7. The fourth-order valence-electron chi connectivity index (χ4n) is 2.93. The Hall–Kier alpha value is -3.80. The molecule has 0 aliphatic carbocycles. The van der Waals surface area contributed by atoms with Crippen LogP contribution in [0.5, 0.6) is 5.75 Å². The lowest BCUT2D eigenvalue weighted by molar-refractivity contribution is -0.139. The smallest absolute Gasteiger partial charge is 0.419 e. The summed E-state index contributed by atoms with van der Waals surface area (Å²) < 4.78 is 100.0. The average Bonchev–Trinajstić information content (AvgIpc) is 2.74. The Morgan fingerprint density at radius 3 is 1.81 bits per heavy atom. The van der Waals surface area contributed by atoms with Gasteiger partial charge in [0.15, 0.2) is 5.76 Å². The van der Waals surface area contributed by atoms with Crippen LogP contribution < -0.4 is 4.74 Å². The summed E-state index contributed by atoms with van der Waals surface area (Å²) in [4.78, 5) is 0. The lowest BCUT2D eigenvalue weighted by atomic mass is 9.98. The molecule has 0 amide bonds. The molecule has 164 valence electrons. The third kappa shape index (κ3) is 4.91. The lowest BCUT2D eigenvalue weighted by Crippen LogP contribution is -2.13. The maximum Gasteiger partial charge on any atom is 0.419 e. The molecule has 0 heterocycles. The highest BCUT2D eigenvalue weighted by atomic mass is 19.4. The molecule has 0 bridgehead atoms. The van der Waals surface area contributed by atoms with Crippen molar-refractivity contribution < 1.29 is 35.5 Å². The molecule has 0 aliphatic rings. The molecule has 0 aliphatic heterocycles. The maximum absolute atomic E-state index is 13.6. The van der Waals surface area contributed by atoms with E-state index in [1.54, 1.807) is 6.07 Å². The number of ether oxygens (including phenoxy) is 1. The minimum Gasteiger partial charge on any atom is -0.455 e. The van der Waals surface area contributed by atoms with Crippen molar-refractivity contribution in [3.8, 4) is 11.8 Å². The maximum atomic E-state index is 13.6. The van der Waals surface area contributed by atoms with Crippen molar-refractivity contribution in [2.24, 2.45) is 0 Å². The number of hydrogen-bond donors (Lipinski definition) is 0. The van der Waals surface area contributed by atoms with Crippen molar-refractivity contribution in [1.29, 1.82) is 5.26 Å². The summed E-state index contributed by atoms with van der Waals surface area (Å²) in [6, 6.07) is 13.8. The largest absolute Gasteiger partial charge is 0.455 e. The fourth-order valence-corrected chi connectivity index (χ4v) is 2.93. The number of allylic oxidation sites excluding steroid dienone is 1. The molecule has 0 atom stereocenters. The number of para-hydroxylation sites is 1. The molecule has 0 N–H and O–H groups in total. The quantitative estimate of drug-likeness (QED) is 0.180. The highest BCUT2D eigenvalue weighted by Gasteiger charge is 2.37. The van der Waals surface area contributed by atoms with E-state index in [0.717, 1.165) is 48.5 Å². The van der Waals surface area contributed by atoms with Crippen LogP contribution in [0.2, 0.25) is 0 Å². The van der Waals surface area contributed by atoms with Gasteiger partial charge in [0.25, 0.3) is 0 Å². The van der Waals surface area contributed by atoms with Crippen LogP contribution in [0.4, 0.5) is 30.7 Å².